The molecule has 0 spiro atoms. The number of ether oxygens (including phenoxy) is 2. The number of aromatic nitrogens is 1. The second-order valence-corrected chi connectivity index (χ2v) is 7.80. The standard InChI is InChI=1S/C19H28N4O4/c1-19(2,3)27-18(25)21-15-5-4-8-23(17(15)24)14-6-7-16(20-13-14)22-9-11-26-12-10-22/h6-7,13,15H,4-5,8-12H2,1-3H3,(H,21,25). The van der Waals surface area contributed by atoms with Crippen molar-refractivity contribution in [3.63, 3.8) is 0 Å². The van der Waals surface area contributed by atoms with Gasteiger partial charge in [0.1, 0.15) is 17.5 Å². The maximum absolute atomic E-state index is 12.8. The number of nitrogens with zero attached hydrogens (tertiary/aromatic N) is 3. The highest BCUT2D eigenvalue weighted by Gasteiger charge is 2.32. The van der Waals surface area contributed by atoms with Crippen LogP contribution in [-0.2, 0) is 14.3 Å². The third-order valence-electron chi connectivity index (χ3n) is 4.51. The summed E-state index contributed by atoms with van der Waals surface area (Å²) < 4.78 is 10.6. The Morgan fingerprint density at radius 2 is 2.00 bits per heavy atom. The first-order valence-corrected chi connectivity index (χ1v) is 9.43. The Hall–Kier alpha value is -2.35. The van der Waals surface area contributed by atoms with E-state index in [4.69, 9.17) is 9.47 Å². The highest BCUT2D eigenvalue weighted by atomic mass is 16.6. The van der Waals surface area contributed by atoms with E-state index in [2.05, 4.69) is 15.2 Å². The van der Waals surface area contributed by atoms with Crippen molar-refractivity contribution in [1.82, 2.24) is 10.3 Å². The molecule has 1 unspecified atom stereocenters. The van der Waals surface area contributed by atoms with Gasteiger partial charge in [-0.1, -0.05) is 0 Å². The lowest BCUT2D eigenvalue weighted by molar-refractivity contribution is -0.121. The van der Waals surface area contributed by atoms with Gasteiger partial charge in [0.2, 0.25) is 5.91 Å². The van der Waals surface area contributed by atoms with Crippen LogP contribution in [0, 0.1) is 0 Å². The summed E-state index contributed by atoms with van der Waals surface area (Å²) >= 11 is 0. The van der Waals surface area contributed by atoms with Crippen LogP contribution in [0.15, 0.2) is 18.3 Å². The summed E-state index contributed by atoms with van der Waals surface area (Å²) in [5.41, 5.74) is 0.147. The van der Waals surface area contributed by atoms with Crippen molar-refractivity contribution in [2.75, 3.05) is 42.6 Å². The van der Waals surface area contributed by atoms with Gasteiger partial charge in [0.25, 0.3) is 0 Å². The summed E-state index contributed by atoms with van der Waals surface area (Å²) in [7, 11) is 0. The van der Waals surface area contributed by atoms with Crippen LogP contribution >= 0.6 is 0 Å². The normalized spacial score (nSPS) is 21.1. The van der Waals surface area contributed by atoms with Gasteiger partial charge in [0, 0.05) is 19.6 Å². The number of rotatable bonds is 3. The van der Waals surface area contributed by atoms with Crippen LogP contribution in [0.2, 0.25) is 0 Å². The molecule has 2 amide bonds. The molecule has 1 N–H and O–H groups in total. The van der Waals surface area contributed by atoms with Crippen molar-refractivity contribution in [1.29, 1.82) is 0 Å². The molecular weight excluding hydrogens is 348 g/mol. The zero-order valence-electron chi connectivity index (χ0n) is 16.2. The van der Waals surface area contributed by atoms with Crippen molar-refractivity contribution in [3.8, 4) is 0 Å². The lowest BCUT2D eigenvalue weighted by Gasteiger charge is -2.33. The van der Waals surface area contributed by atoms with E-state index in [1.165, 1.54) is 0 Å². The second-order valence-electron chi connectivity index (χ2n) is 7.80. The average molecular weight is 376 g/mol. The Bertz CT molecular complexity index is 665. The number of carbonyl (C=O) groups excluding carboxylic acids is 2. The van der Waals surface area contributed by atoms with Crippen LogP contribution in [0.4, 0.5) is 16.3 Å². The minimum absolute atomic E-state index is 0.131. The molecule has 2 aliphatic heterocycles. The van der Waals surface area contributed by atoms with Crippen LogP contribution in [0.25, 0.3) is 0 Å². The third-order valence-corrected chi connectivity index (χ3v) is 4.51. The number of piperidine rings is 1. The quantitative estimate of drug-likeness (QED) is 0.868. The van der Waals surface area contributed by atoms with Gasteiger partial charge in [-0.2, -0.15) is 0 Å². The zero-order valence-corrected chi connectivity index (χ0v) is 16.2. The largest absolute Gasteiger partial charge is 0.444 e. The van der Waals surface area contributed by atoms with Gasteiger partial charge in [-0.05, 0) is 45.7 Å². The minimum Gasteiger partial charge on any atom is -0.444 e. The van der Waals surface area contributed by atoms with Crippen LogP contribution in [0.3, 0.4) is 0 Å². The molecule has 3 heterocycles. The molecule has 8 nitrogen and oxygen atoms in total. The number of pyridine rings is 1. The van der Waals surface area contributed by atoms with Crippen molar-refractivity contribution < 1.29 is 19.1 Å². The maximum Gasteiger partial charge on any atom is 0.408 e. The lowest BCUT2D eigenvalue weighted by atomic mass is 10.0. The number of morpholine rings is 1. The number of carbonyl (C=O) groups is 2. The van der Waals surface area contributed by atoms with Gasteiger partial charge >= 0.3 is 6.09 Å². The summed E-state index contributed by atoms with van der Waals surface area (Å²) in [6.45, 7) is 9.03. The van der Waals surface area contributed by atoms with Crippen molar-refractivity contribution >= 4 is 23.5 Å². The predicted octanol–water partition coefficient (Wildman–Crippen LogP) is 1.94. The van der Waals surface area contributed by atoms with E-state index in [0.29, 0.717) is 26.2 Å². The molecule has 2 saturated heterocycles. The third kappa shape index (κ3) is 5.09. The topological polar surface area (TPSA) is 84.0 Å². The molecule has 0 bridgehead atoms. The molecule has 2 fully saturated rings. The van der Waals surface area contributed by atoms with Crippen molar-refractivity contribution in [3.05, 3.63) is 18.3 Å². The van der Waals surface area contributed by atoms with Crippen molar-refractivity contribution in [2.24, 2.45) is 0 Å². The molecule has 0 saturated carbocycles. The maximum atomic E-state index is 12.8. The fraction of sp³-hybridized carbons (Fsp3) is 0.632. The molecule has 0 aromatic carbocycles. The average Bonchev–Trinajstić information content (AvgIpc) is 2.63. The molecular formula is C19H28N4O4. The molecule has 3 rings (SSSR count). The van der Waals surface area contributed by atoms with Crippen LogP contribution in [0.5, 0.6) is 0 Å². The number of hydrogen-bond donors (Lipinski definition) is 1. The number of alkyl carbamates (subject to hydrolysis) is 1. The van der Waals surface area contributed by atoms with Crippen molar-refractivity contribution in [2.45, 2.75) is 45.3 Å². The summed E-state index contributed by atoms with van der Waals surface area (Å²) in [4.78, 5) is 33.2. The monoisotopic (exact) mass is 376 g/mol. The van der Waals surface area contributed by atoms with E-state index >= 15 is 0 Å². The van der Waals surface area contributed by atoms with E-state index in [-0.39, 0.29) is 5.91 Å². The number of nitrogens with one attached hydrogen (secondary N) is 1. The van der Waals surface area contributed by atoms with Gasteiger partial charge in [-0.15, -0.1) is 0 Å². The molecule has 27 heavy (non-hydrogen) atoms. The summed E-state index contributed by atoms with van der Waals surface area (Å²) in [5, 5.41) is 2.69. The van der Waals surface area contributed by atoms with Crippen LogP contribution in [-0.4, -0.2) is 61.5 Å². The van der Waals surface area contributed by atoms with Gasteiger partial charge in [-0.3, -0.25) is 4.79 Å². The number of hydrogen-bond acceptors (Lipinski definition) is 6. The highest BCUT2D eigenvalue weighted by Crippen LogP contribution is 2.23. The summed E-state index contributed by atoms with van der Waals surface area (Å²) in [6, 6.07) is 3.26. The first-order chi connectivity index (χ1) is 12.8. The highest BCUT2D eigenvalue weighted by molar-refractivity contribution is 5.99. The molecule has 0 radical (unpaired) electrons. The van der Waals surface area contributed by atoms with E-state index in [9.17, 15) is 9.59 Å². The lowest BCUT2D eigenvalue weighted by Crippen LogP contribution is -2.53. The minimum atomic E-state index is -0.596. The molecule has 1 aromatic heterocycles. The number of anilines is 2. The van der Waals surface area contributed by atoms with Gasteiger partial charge in [0.15, 0.2) is 0 Å². The Morgan fingerprint density at radius 1 is 1.26 bits per heavy atom. The Balaban J connectivity index is 1.64. The SMILES string of the molecule is CC(C)(C)OC(=O)NC1CCCN(c2ccc(N3CCOCC3)nc2)C1=O. The number of amides is 2. The second kappa shape index (κ2) is 8.12. The zero-order chi connectivity index (χ0) is 19.4. The Labute approximate surface area is 159 Å². The van der Waals surface area contributed by atoms with Gasteiger partial charge < -0.3 is 24.6 Å². The predicted molar refractivity (Wildman–Crippen MR) is 102 cm³/mol. The fourth-order valence-electron chi connectivity index (χ4n) is 3.23. The molecule has 1 aromatic rings. The Kier molecular flexibility index (Phi) is 5.84. The summed E-state index contributed by atoms with van der Waals surface area (Å²) in [5.74, 6) is 0.753. The van der Waals surface area contributed by atoms with Crippen LogP contribution in [0.1, 0.15) is 33.6 Å². The van der Waals surface area contributed by atoms with Crippen LogP contribution < -0.4 is 15.1 Å². The molecule has 0 aliphatic carbocycles. The smallest absolute Gasteiger partial charge is 0.408 e. The van der Waals surface area contributed by atoms with E-state index < -0.39 is 17.7 Å². The molecule has 2 aliphatic rings. The first-order valence-electron chi connectivity index (χ1n) is 9.43. The summed E-state index contributed by atoms with van der Waals surface area (Å²) in [6.07, 6.45) is 2.56. The molecule has 1 atom stereocenters. The fourth-order valence-corrected chi connectivity index (χ4v) is 3.23. The molecule has 8 heteroatoms. The van der Waals surface area contributed by atoms with E-state index in [1.54, 1.807) is 31.9 Å². The van der Waals surface area contributed by atoms with E-state index in [1.807, 2.05) is 12.1 Å². The molecule has 148 valence electrons. The first kappa shape index (κ1) is 19.4. The van der Waals surface area contributed by atoms with Gasteiger partial charge in [-0.25, -0.2) is 9.78 Å². The van der Waals surface area contributed by atoms with Gasteiger partial charge in [0.05, 0.1) is 25.1 Å². The Morgan fingerprint density at radius 3 is 2.63 bits per heavy atom. The van der Waals surface area contributed by atoms with E-state index in [0.717, 1.165) is 31.0 Å².